The summed E-state index contributed by atoms with van der Waals surface area (Å²) in [5.74, 6) is 2.52. The van der Waals surface area contributed by atoms with E-state index in [9.17, 15) is 0 Å². The highest BCUT2D eigenvalue weighted by Gasteiger charge is 2.10. The molecule has 0 aliphatic carbocycles. The number of aryl methyl sites for hydroxylation is 1. The Bertz CT molecular complexity index is 1130. The molecule has 2 aromatic heterocycles. The van der Waals surface area contributed by atoms with Crippen molar-refractivity contribution in [1.82, 2.24) is 30.4 Å². The molecule has 0 saturated carbocycles. The maximum absolute atomic E-state index is 4.39. The van der Waals surface area contributed by atoms with Gasteiger partial charge in [-0.25, -0.2) is 10.2 Å². The zero-order valence-corrected chi connectivity index (χ0v) is 18.5. The highest BCUT2D eigenvalue weighted by Crippen LogP contribution is 2.26. The van der Waals surface area contributed by atoms with Crippen LogP contribution in [0.15, 0.2) is 48.5 Å². The maximum atomic E-state index is 4.39. The molecule has 0 saturated heterocycles. The molecular weight excluding hydrogens is 404 g/mol. The lowest BCUT2D eigenvalue weighted by Gasteiger charge is -2.15. The minimum Gasteiger partial charge on any atom is -0.358 e. The number of anilines is 5. The number of rotatable bonds is 10. The van der Waals surface area contributed by atoms with E-state index in [4.69, 9.17) is 0 Å². The highest BCUT2D eigenvalue weighted by molar-refractivity contribution is 5.68. The molecule has 10 heteroatoms. The summed E-state index contributed by atoms with van der Waals surface area (Å²) in [4.78, 5) is 10.6. The molecular formula is C22H28N10. The van der Waals surface area contributed by atoms with Crippen LogP contribution in [0.1, 0.15) is 12.0 Å². The Kier molecular flexibility index (Phi) is 6.49. The number of aromatic nitrogens is 6. The summed E-state index contributed by atoms with van der Waals surface area (Å²) in [6, 6.07) is 17.1. The van der Waals surface area contributed by atoms with E-state index in [-0.39, 0.29) is 0 Å². The molecule has 10 nitrogen and oxygen atoms in total. The minimum absolute atomic E-state index is 0.584. The second-order valence-electron chi connectivity index (χ2n) is 7.33. The fourth-order valence-electron chi connectivity index (χ4n) is 3.37. The topological polar surface area (TPSA) is 122 Å². The standard InChI is InChI=1S/C22H28N10/c1-23-19-26-21(30-28-19)25-13-5-7-15-6-4-8-17(14-15)16-9-11-18(12-10-16)32(3)22-27-20(24-2)29-31-22/h4,6,8-12,14H,5,7,13H2,1-3H3,(H2,24,27,29,31)(H3,23,25,26,28,30). The predicted molar refractivity (Wildman–Crippen MR) is 129 cm³/mol. The predicted octanol–water partition coefficient (Wildman–Crippen LogP) is 3.49. The lowest BCUT2D eigenvalue weighted by molar-refractivity contribution is 0.854. The zero-order valence-electron chi connectivity index (χ0n) is 18.5. The van der Waals surface area contributed by atoms with Gasteiger partial charge in [-0.2, -0.15) is 9.97 Å². The van der Waals surface area contributed by atoms with Gasteiger partial charge in [-0.3, -0.25) is 0 Å². The van der Waals surface area contributed by atoms with Gasteiger partial charge in [0.2, 0.25) is 17.8 Å². The third-order valence-electron chi connectivity index (χ3n) is 5.17. The second kappa shape index (κ2) is 9.82. The summed E-state index contributed by atoms with van der Waals surface area (Å²) < 4.78 is 0. The fraction of sp³-hybridized carbons (Fsp3) is 0.273. The van der Waals surface area contributed by atoms with Crippen LogP contribution in [-0.4, -0.2) is 58.1 Å². The van der Waals surface area contributed by atoms with Crippen LogP contribution < -0.4 is 20.9 Å². The van der Waals surface area contributed by atoms with Crippen LogP contribution in [0.2, 0.25) is 0 Å². The number of hydrogen-bond donors (Lipinski definition) is 5. The van der Waals surface area contributed by atoms with Gasteiger partial charge < -0.3 is 20.9 Å². The van der Waals surface area contributed by atoms with E-state index < -0.39 is 0 Å². The van der Waals surface area contributed by atoms with Crippen molar-refractivity contribution >= 4 is 29.5 Å². The van der Waals surface area contributed by atoms with E-state index in [1.807, 2.05) is 11.9 Å². The molecule has 166 valence electrons. The molecule has 4 aromatic rings. The van der Waals surface area contributed by atoms with Gasteiger partial charge in [-0.05, 0) is 41.7 Å². The molecule has 0 bridgehead atoms. The van der Waals surface area contributed by atoms with Gasteiger partial charge in [0.15, 0.2) is 0 Å². The molecule has 2 heterocycles. The SMILES string of the molecule is CNc1n[nH]c(NCCCc2cccc(-c3ccc(N(C)c4n[nH]c(NC)n4)cc3)c2)n1. The van der Waals surface area contributed by atoms with Gasteiger partial charge in [0.1, 0.15) is 0 Å². The first-order valence-corrected chi connectivity index (χ1v) is 10.5. The Morgan fingerprint density at radius 3 is 2.41 bits per heavy atom. The molecule has 0 fully saturated rings. The van der Waals surface area contributed by atoms with Gasteiger partial charge in [0.05, 0.1) is 0 Å². The van der Waals surface area contributed by atoms with Crippen molar-refractivity contribution in [3.05, 3.63) is 54.1 Å². The Labute approximate surface area is 186 Å². The maximum Gasteiger partial charge on any atom is 0.250 e. The zero-order chi connectivity index (χ0) is 22.3. The molecule has 0 amide bonds. The molecule has 0 aliphatic rings. The summed E-state index contributed by atoms with van der Waals surface area (Å²) in [5.41, 5.74) is 4.70. The van der Waals surface area contributed by atoms with Gasteiger partial charge in [-0.1, -0.05) is 36.4 Å². The first kappa shape index (κ1) is 21.2. The number of H-pyrrole nitrogens is 2. The van der Waals surface area contributed by atoms with Crippen LogP contribution in [0.5, 0.6) is 0 Å². The van der Waals surface area contributed by atoms with Gasteiger partial charge in [0, 0.05) is 33.4 Å². The molecule has 5 N–H and O–H groups in total. The Morgan fingerprint density at radius 2 is 1.69 bits per heavy atom. The molecule has 0 radical (unpaired) electrons. The quantitative estimate of drug-likeness (QED) is 0.241. The molecule has 0 atom stereocenters. The van der Waals surface area contributed by atoms with Crippen molar-refractivity contribution < 1.29 is 0 Å². The molecule has 0 aliphatic heterocycles. The van der Waals surface area contributed by atoms with Crippen LogP contribution in [0.3, 0.4) is 0 Å². The minimum atomic E-state index is 0.584. The second-order valence-corrected chi connectivity index (χ2v) is 7.33. The highest BCUT2D eigenvalue weighted by atomic mass is 15.4. The largest absolute Gasteiger partial charge is 0.358 e. The molecule has 0 spiro atoms. The van der Waals surface area contributed by atoms with Crippen LogP contribution >= 0.6 is 0 Å². The van der Waals surface area contributed by atoms with E-state index in [0.717, 1.165) is 25.1 Å². The fourth-order valence-corrected chi connectivity index (χ4v) is 3.37. The van der Waals surface area contributed by atoms with Gasteiger partial charge >= 0.3 is 0 Å². The summed E-state index contributed by atoms with van der Waals surface area (Å²) in [6.45, 7) is 0.820. The lowest BCUT2D eigenvalue weighted by Crippen LogP contribution is -2.11. The van der Waals surface area contributed by atoms with Gasteiger partial charge in [0.25, 0.3) is 5.95 Å². The Hall–Kier alpha value is -4.08. The summed E-state index contributed by atoms with van der Waals surface area (Å²) in [5, 5.41) is 23.1. The van der Waals surface area contributed by atoms with Crippen LogP contribution in [0.4, 0.5) is 29.5 Å². The van der Waals surface area contributed by atoms with Crippen LogP contribution in [0.25, 0.3) is 11.1 Å². The average molecular weight is 433 g/mol. The van der Waals surface area contributed by atoms with E-state index >= 15 is 0 Å². The first-order valence-electron chi connectivity index (χ1n) is 10.5. The average Bonchev–Trinajstić information content (AvgIpc) is 3.51. The Balaban J connectivity index is 1.35. The van der Waals surface area contributed by atoms with Crippen molar-refractivity contribution in [2.75, 3.05) is 48.5 Å². The van der Waals surface area contributed by atoms with Crippen molar-refractivity contribution in [3.8, 4) is 11.1 Å². The van der Waals surface area contributed by atoms with E-state index in [1.165, 1.54) is 16.7 Å². The monoisotopic (exact) mass is 432 g/mol. The Morgan fingerprint density at radius 1 is 0.875 bits per heavy atom. The van der Waals surface area contributed by atoms with Crippen LogP contribution in [-0.2, 0) is 6.42 Å². The number of aromatic amines is 2. The normalized spacial score (nSPS) is 10.7. The van der Waals surface area contributed by atoms with Crippen molar-refractivity contribution in [1.29, 1.82) is 0 Å². The molecule has 32 heavy (non-hydrogen) atoms. The van der Waals surface area contributed by atoms with E-state index in [2.05, 4.69) is 94.8 Å². The summed E-state index contributed by atoms with van der Waals surface area (Å²) in [7, 11) is 5.55. The van der Waals surface area contributed by atoms with Crippen molar-refractivity contribution in [2.45, 2.75) is 12.8 Å². The van der Waals surface area contributed by atoms with E-state index in [1.54, 1.807) is 14.1 Å². The lowest BCUT2D eigenvalue weighted by atomic mass is 10.0. The number of hydrogen-bond acceptors (Lipinski definition) is 8. The molecule has 2 aromatic carbocycles. The van der Waals surface area contributed by atoms with Gasteiger partial charge in [-0.15, -0.1) is 10.2 Å². The molecule has 4 rings (SSSR count). The summed E-state index contributed by atoms with van der Waals surface area (Å²) in [6.07, 6.45) is 1.97. The van der Waals surface area contributed by atoms with Crippen LogP contribution in [0, 0.1) is 0 Å². The first-order chi connectivity index (χ1) is 15.7. The molecule has 0 unspecified atom stereocenters. The summed E-state index contributed by atoms with van der Waals surface area (Å²) >= 11 is 0. The number of nitrogens with zero attached hydrogens (tertiary/aromatic N) is 5. The smallest absolute Gasteiger partial charge is 0.250 e. The number of nitrogens with one attached hydrogen (secondary N) is 5. The van der Waals surface area contributed by atoms with Crippen molar-refractivity contribution in [2.24, 2.45) is 0 Å². The number of benzene rings is 2. The third kappa shape index (κ3) is 4.97. The van der Waals surface area contributed by atoms with E-state index in [0.29, 0.717) is 23.8 Å². The van der Waals surface area contributed by atoms with Crippen molar-refractivity contribution in [3.63, 3.8) is 0 Å². The third-order valence-corrected chi connectivity index (χ3v) is 5.17.